The minimum atomic E-state index is -0.806. The lowest BCUT2D eigenvalue weighted by Crippen LogP contribution is -2.32. The van der Waals surface area contributed by atoms with E-state index in [1.165, 1.54) is 12.4 Å². The Bertz CT molecular complexity index is 470. The van der Waals surface area contributed by atoms with Crippen molar-refractivity contribution in [3.05, 3.63) is 22.7 Å². The maximum Gasteiger partial charge on any atom is 0.311 e. The third-order valence-corrected chi connectivity index (χ3v) is 2.98. The molecule has 0 bridgehead atoms. The summed E-state index contributed by atoms with van der Waals surface area (Å²) in [4.78, 5) is 30.4. The predicted molar refractivity (Wildman–Crippen MR) is 57.4 cm³/mol. The third kappa shape index (κ3) is 1.78. The first kappa shape index (κ1) is 10.7. The molecule has 1 atom stereocenters. The molecule has 0 aliphatic carbocycles. The molecule has 1 aliphatic rings. The van der Waals surface area contributed by atoms with Gasteiger partial charge in [0.05, 0.1) is 11.7 Å². The molecule has 1 aliphatic heterocycles. The number of nitrogens with one attached hydrogen (secondary N) is 1. The van der Waals surface area contributed by atoms with Crippen LogP contribution < -0.4 is 10.5 Å². The van der Waals surface area contributed by atoms with E-state index in [1.54, 1.807) is 6.92 Å². The molecule has 0 aromatic carbocycles. The second kappa shape index (κ2) is 3.62. The molecule has 2 heterocycles. The summed E-state index contributed by atoms with van der Waals surface area (Å²) in [6.07, 6.45) is 1.89. The SMILES string of the molecule is CC1(C(=O)O)CCN(c2cc(=O)[nH]cn2)C1. The summed E-state index contributed by atoms with van der Waals surface area (Å²) < 4.78 is 0. The quantitative estimate of drug-likeness (QED) is 0.741. The highest BCUT2D eigenvalue weighted by Gasteiger charge is 2.40. The number of aromatic amines is 1. The number of aliphatic carboxylic acids is 1. The highest BCUT2D eigenvalue weighted by molar-refractivity contribution is 5.76. The van der Waals surface area contributed by atoms with Crippen LogP contribution in [0.1, 0.15) is 13.3 Å². The first-order valence-corrected chi connectivity index (χ1v) is 5.04. The number of carboxylic acids is 1. The summed E-state index contributed by atoms with van der Waals surface area (Å²) >= 11 is 0. The molecule has 86 valence electrons. The van der Waals surface area contributed by atoms with Gasteiger partial charge in [-0.05, 0) is 13.3 Å². The number of rotatable bonds is 2. The second-order valence-electron chi connectivity index (χ2n) is 4.31. The maximum absolute atomic E-state index is 11.1. The molecule has 16 heavy (non-hydrogen) atoms. The molecule has 6 nitrogen and oxygen atoms in total. The third-order valence-electron chi connectivity index (χ3n) is 2.98. The van der Waals surface area contributed by atoms with Crippen molar-refractivity contribution in [2.45, 2.75) is 13.3 Å². The smallest absolute Gasteiger partial charge is 0.311 e. The van der Waals surface area contributed by atoms with Crippen molar-refractivity contribution >= 4 is 11.8 Å². The number of carbonyl (C=O) groups is 1. The van der Waals surface area contributed by atoms with Crippen LogP contribution in [-0.2, 0) is 4.79 Å². The van der Waals surface area contributed by atoms with Gasteiger partial charge in [-0.15, -0.1) is 0 Å². The number of aromatic nitrogens is 2. The number of hydrogen-bond donors (Lipinski definition) is 2. The minimum Gasteiger partial charge on any atom is -0.481 e. The normalized spacial score (nSPS) is 24.7. The number of anilines is 1. The Kier molecular flexibility index (Phi) is 2.41. The van der Waals surface area contributed by atoms with E-state index < -0.39 is 11.4 Å². The van der Waals surface area contributed by atoms with E-state index in [-0.39, 0.29) is 5.56 Å². The van der Waals surface area contributed by atoms with Gasteiger partial charge < -0.3 is 15.0 Å². The van der Waals surface area contributed by atoms with Gasteiger partial charge in [-0.2, -0.15) is 0 Å². The van der Waals surface area contributed by atoms with Crippen molar-refractivity contribution < 1.29 is 9.90 Å². The number of hydrogen-bond acceptors (Lipinski definition) is 4. The van der Waals surface area contributed by atoms with Crippen LogP contribution in [0.5, 0.6) is 0 Å². The van der Waals surface area contributed by atoms with Gasteiger partial charge in [0.1, 0.15) is 5.82 Å². The molecule has 0 spiro atoms. The van der Waals surface area contributed by atoms with Crippen molar-refractivity contribution in [1.29, 1.82) is 0 Å². The summed E-state index contributed by atoms with van der Waals surface area (Å²) in [6.45, 7) is 2.71. The predicted octanol–water partition coefficient (Wildman–Crippen LogP) is 0.0709. The van der Waals surface area contributed by atoms with Crippen molar-refractivity contribution in [1.82, 2.24) is 9.97 Å². The van der Waals surface area contributed by atoms with Gasteiger partial charge in [0.2, 0.25) is 0 Å². The highest BCUT2D eigenvalue weighted by Crippen LogP contribution is 2.31. The lowest BCUT2D eigenvalue weighted by atomic mass is 9.90. The van der Waals surface area contributed by atoms with Gasteiger partial charge >= 0.3 is 5.97 Å². The van der Waals surface area contributed by atoms with Gasteiger partial charge in [-0.3, -0.25) is 9.59 Å². The standard InChI is InChI=1S/C10H13N3O3/c1-10(9(15)16)2-3-13(5-10)7-4-8(14)12-6-11-7/h4,6H,2-3,5H2,1H3,(H,15,16)(H,11,12,14). The van der Waals surface area contributed by atoms with Crippen molar-refractivity contribution in [3.63, 3.8) is 0 Å². The van der Waals surface area contributed by atoms with E-state index in [1.807, 2.05) is 4.90 Å². The van der Waals surface area contributed by atoms with Crippen LogP contribution in [0.15, 0.2) is 17.2 Å². The van der Waals surface area contributed by atoms with Crippen molar-refractivity contribution in [2.75, 3.05) is 18.0 Å². The molecule has 2 rings (SSSR count). The Balaban J connectivity index is 2.21. The van der Waals surface area contributed by atoms with E-state index >= 15 is 0 Å². The van der Waals surface area contributed by atoms with E-state index in [0.29, 0.717) is 25.3 Å². The Hall–Kier alpha value is -1.85. The van der Waals surface area contributed by atoms with Crippen molar-refractivity contribution in [2.24, 2.45) is 5.41 Å². The summed E-state index contributed by atoms with van der Waals surface area (Å²) in [5.41, 5.74) is -0.974. The van der Waals surface area contributed by atoms with Crippen LogP contribution in [0, 0.1) is 5.41 Å². The van der Waals surface area contributed by atoms with Gasteiger partial charge in [0.25, 0.3) is 5.56 Å². The molecule has 1 aromatic rings. The van der Waals surface area contributed by atoms with Gasteiger partial charge in [0, 0.05) is 19.2 Å². The zero-order valence-corrected chi connectivity index (χ0v) is 8.93. The fraction of sp³-hybridized carbons (Fsp3) is 0.500. The molecule has 6 heteroatoms. The minimum absolute atomic E-state index is 0.228. The van der Waals surface area contributed by atoms with Crippen LogP contribution >= 0.6 is 0 Å². The largest absolute Gasteiger partial charge is 0.481 e. The molecule has 1 unspecified atom stereocenters. The summed E-state index contributed by atoms with van der Waals surface area (Å²) in [5, 5.41) is 9.08. The van der Waals surface area contributed by atoms with Crippen LogP contribution in [0.3, 0.4) is 0 Å². The lowest BCUT2D eigenvalue weighted by molar-refractivity contribution is -0.146. The summed E-state index contributed by atoms with van der Waals surface area (Å²) in [7, 11) is 0. The average molecular weight is 223 g/mol. The number of nitrogens with zero attached hydrogens (tertiary/aromatic N) is 2. The maximum atomic E-state index is 11.1. The Morgan fingerprint density at radius 3 is 3.00 bits per heavy atom. The van der Waals surface area contributed by atoms with Gasteiger partial charge in [-0.1, -0.05) is 0 Å². The highest BCUT2D eigenvalue weighted by atomic mass is 16.4. The summed E-state index contributed by atoms with van der Waals surface area (Å²) in [5.74, 6) is -0.270. The molecule has 2 N–H and O–H groups in total. The Labute approximate surface area is 91.9 Å². The first-order chi connectivity index (χ1) is 7.51. The van der Waals surface area contributed by atoms with Crippen LogP contribution in [-0.4, -0.2) is 34.1 Å². The van der Waals surface area contributed by atoms with E-state index in [9.17, 15) is 9.59 Å². The van der Waals surface area contributed by atoms with Gasteiger partial charge in [-0.25, -0.2) is 4.98 Å². The summed E-state index contributed by atoms with van der Waals surface area (Å²) in [6, 6.07) is 1.38. The molecule has 1 aromatic heterocycles. The lowest BCUT2D eigenvalue weighted by Gasteiger charge is -2.20. The van der Waals surface area contributed by atoms with Gasteiger partial charge in [0.15, 0.2) is 0 Å². The monoisotopic (exact) mass is 223 g/mol. The average Bonchev–Trinajstić information content (AvgIpc) is 2.62. The Morgan fingerprint density at radius 2 is 2.44 bits per heavy atom. The van der Waals surface area contributed by atoms with Crippen LogP contribution in [0.25, 0.3) is 0 Å². The molecule has 0 amide bonds. The second-order valence-corrected chi connectivity index (χ2v) is 4.31. The number of H-pyrrole nitrogens is 1. The van der Waals surface area contributed by atoms with E-state index in [2.05, 4.69) is 9.97 Å². The van der Waals surface area contributed by atoms with Crippen molar-refractivity contribution in [3.8, 4) is 0 Å². The molecule has 0 radical (unpaired) electrons. The Morgan fingerprint density at radius 1 is 1.69 bits per heavy atom. The molecule has 0 saturated carbocycles. The zero-order chi connectivity index (χ0) is 11.8. The van der Waals surface area contributed by atoms with E-state index in [0.717, 1.165) is 0 Å². The fourth-order valence-corrected chi connectivity index (χ4v) is 1.86. The van der Waals surface area contributed by atoms with Crippen LogP contribution in [0.4, 0.5) is 5.82 Å². The van der Waals surface area contributed by atoms with E-state index in [4.69, 9.17) is 5.11 Å². The zero-order valence-electron chi connectivity index (χ0n) is 8.93. The van der Waals surface area contributed by atoms with Crippen LogP contribution in [0.2, 0.25) is 0 Å². The molecule has 1 saturated heterocycles. The number of carboxylic acid groups (broad SMARTS) is 1. The molecular weight excluding hydrogens is 210 g/mol. The molecular formula is C10H13N3O3. The fourth-order valence-electron chi connectivity index (χ4n) is 1.86. The molecule has 1 fully saturated rings. The topological polar surface area (TPSA) is 86.3 Å². The first-order valence-electron chi connectivity index (χ1n) is 5.04.